The van der Waals surface area contributed by atoms with Crippen molar-refractivity contribution in [3.63, 3.8) is 0 Å². The van der Waals surface area contributed by atoms with E-state index in [1.165, 1.54) is 0 Å². The first-order chi connectivity index (χ1) is 2.77. The van der Waals surface area contributed by atoms with Gasteiger partial charge in [-0.05, 0) is 6.42 Å². The Hall–Kier alpha value is 0.158. The van der Waals surface area contributed by atoms with Crippen LogP contribution in [0.25, 0.3) is 0 Å². The van der Waals surface area contributed by atoms with Crippen molar-refractivity contribution in [2.24, 2.45) is 5.73 Å². The molecule has 0 rings (SSSR count). The average Bonchev–Trinajstić information content (AvgIpc) is 1.35. The fourth-order valence-corrected chi connectivity index (χ4v) is 0.174. The second kappa shape index (κ2) is 6.16. The van der Waals surface area contributed by atoms with E-state index in [-0.39, 0.29) is 27.0 Å². The number of hydrogen-bond acceptors (Lipinski definition) is 1. The van der Waals surface area contributed by atoms with Gasteiger partial charge < -0.3 is 12.7 Å². The van der Waals surface area contributed by atoms with Crippen molar-refractivity contribution in [2.45, 2.75) is 12.8 Å². The largest absolute Gasteiger partial charge is 0.370 e. The Bertz CT molecular complexity index is 55.7. The second-order valence-corrected chi connectivity index (χ2v) is 1.07. The maximum absolute atomic E-state index is 9.78. The Morgan fingerprint density at radius 1 is 1.71 bits per heavy atom. The van der Waals surface area contributed by atoms with Crippen LogP contribution in [0.15, 0.2) is 0 Å². The van der Waals surface area contributed by atoms with Gasteiger partial charge in [-0.2, -0.15) is 6.42 Å². The molecule has 7 heavy (non-hydrogen) atoms. The maximum atomic E-state index is 9.78. The van der Waals surface area contributed by atoms with Gasteiger partial charge >= 0.3 is 0 Å². The number of hydrogen-bond donors (Lipinski definition) is 1. The topological polar surface area (TPSA) is 43.1 Å². The molecule has 2 N–H and O–H groups in total. The minimum Gasteiger partial charge on any atom is -0.370 e. The summed E-state index contributed by atoms with van der Waals surface area (Å²) in [6.45, 7) is 3.42. The molecule has 0 aliphatic rings. The van der Waals surface area contributed by atoms with Crippen LogP contribution in [0.1, 0.15) is 12.8 Å². The molecule has 0 aliphatic carbocycles. The van der Waals surface area contributed by atoms with Gasteiger partial charge in [0, 0.05) is 21.1 Å². The molecule has 0 bridgehead atoms. The predicted octanol–water partition coefficient (Wildman–Crippen LogP) is 0.0835. The Labute approximate surface area is 57.7 Å². The summed E-state index contributed by atoms with van der Waals surface area (Å²) in [6, 6.07) is 0. The van der Waals surface area contributed by atoms with E-state index in [0.717, 1.165) is 0 Å². The smallest absolute Gasteiger partial charge is 0.214 e. The number of nitrogens with two attached hydrogens (primary N) is 1. The zero-order valence-electron chi connectivity index (χ0n) is 4.02. The minimum absolute atomic E-state index is 0. The summed E-state index contributed by atoms with van der Waals surface area (Å²) >= 11 is 0. The summed E-state index contributed by atoms with van der Waals surface area (Å²) in [7, 11) is 0. The molecule has 3 heteroatoms. The van der Waals surface area contributed by atoms with Crippen LogP contribution in [0, 0.1) is 6.92 Å². The molecule has 0 saturated heterocycles. The van der Waals surface area contributed by atoms with E-state index in [1.807, 2.05) is 0 Å². The van der Waals surface area contributed by atoms with Gasteiger partial charge in [0.1, 0.15) is 0 Å². The molecule has 0 aromatic rings. The second-order valence-electron chi connectivity index (χ2n) is 1.07. The van der Waals surface area contributed by atoms with Crippen molar-refractivity contribution >= 4 is 5.91 Å². The molecule has 0 spiro atoms. The Morgan fingerprint density at radius 3 is 2.14 bits per heavy atom. The molecule has 0 aliphatic heterocycles. The van der Waals surface area contributed by atoms with Crippen molar-refractivity contribution in [1.82, 2.24) is 0 Å². The number of rotatable bonds is 2. The van der Waals surface area contributed by atoms with Gasteiger partial charge in [-0.3, -0.25) is 4.79 Å². The monoisotopic (exact) mass is 270 g/mol. The van der Waals surface area contributed by atoms with Gasteiger partial charge in [-0.1, -0.05) is 0 Å². The first-order valence-corrected chi connectivity index (χ1v) is 1.85. The molecule has 42 valence electrons. The maximum Gasteiger partial charge on any atom is 0.214 e. The molecule has 0 heterocycles. The van der Waals surface area contributed by atoms with Crippen LogP contribution in [0.4, 0.5) is 0 Å². The third-order valence-corrected chi connectivity index (χ3v) is 0.423. The average molecular weight is 270 g/mol. The van der Waals surface area contributed by atoms with Crippen molar-refractivity contribution in [2.75, 3.05) is 0 Å². The van der Waals surface area contributed by atoms with Crippen molar-refractivity contribution in [1.29, 1.82) is 0 Å². The molecule has 0 unspecified atom stereocenters. The van der Waals surface area contributed by atoms with Gasteiger partial charge in [-0.25, -0.2) is 0 Å². The van der Waals surface area contributed by atoms with Gasteiger partial charge in [0.05, 0.1) is 0 Å². The molecular weight excluding hydrogens is 262 g/mol. The van der Waals surface area contributed by atoms with E-state index in [1.54, 1.807) is 0 Å². The summed E-state index contributed by atoms with van der Waals surface area (Å²) in [6.07, 6.45) is 1.01. The summed E-state index contributed by atoms with van der Waals surface area (Å²) < 4.78 is 0. The van der Waals surface area contributed by atoms with Crippen LogP contribution in [0.5, 0.6) is 0 Å². The Kier molecular flexibility index (Phi) is 8.98. The van der Waals surface area contributed by atoms with Crippen LogP contribution in [-0.4, -0.2) is 5.91 Å². The van der Waals surface area contributed by atoms with E-state index in [2.05, 4.69) is 6.92 Å². The predicted molar refractivity (Wildman–Crippen MR) is 23.8 cm³/mol. The third-order valence-electron chi connectivity index (χ3n) is 0.423. The zero-order valence-corrected chi connectivity index (χ0v) is 6.95. The molecule has 0 aromatic heterocycles. The molecule has 1 amide bonds. The molecule has 0 aromatic carbocycles. The fraction of sp³-hybridized carbons (Fsp3) is 0.500. The molecule has 0 fully saturated rings. The first-order valence-electron chi connectivity index (χ1n) is 1.85. The normalized spacial score (nSPS) is 7.00. The number of carbonyl (C=O) groups is 1. The van der Waals surface area contributed by atoms with Crippen LogP contribution in [-0.2, 0) is 25.9 Å². The van der Waals surface area contributed by atoms with Crippen molar-refractivity contribution in [3.05, 3.63) is 6.92 Å². The standard InChI is InChI=1S/C4H8NO.W/c1-2-3-4(5)6;/h1-3H2,(H2,5,6);/q-1;. The van der Waals surface area contributed by atoms with E-state index >= 15 is 0 Å². The van der Waals surface area contributed by atoms with Gasteiger partial charge in [0.2, 0.25) is 5.91 Å². The molecular formula is C4H8NOW-. The van der Waals surface area contributed by atoms with Crippen LogP contribution in [0.3, 0.4) is 0 Å². The quantitative estimate of drug-likeness (QED) is 0.710. The fourth-order valence-electron chi connectivity index (χ4n) is 0.174. The van der Waals surface area contributed by atoms with Gasteiger partial charge in [0.25, 0.3) is 0 Å². The van der Waals surface area contributed by atoms with Crippen molar-refractivity contribution < 1.29 is 25.9 Å². The summed E-state index contributed by atoms with van der Waals surface area (Å²) in [5.74, 6) is -0.273. The summed E-state index contributed by atoms with van der Waals surface area (Å²) in [5.41, 5.74) is 4.72. The number of carbonyl (C=O) groups excluding carboxylic acids is 1. The number of primary amides is 1. The molecule has 2 nitrogen and oxygen atoms in total. The van der Waals surface area contributed by atoms with E-state index in [0.29, 0.717) is 12.8 Å². The first kappa shape index (κ1) is 10.2. The SMILES string of the molecule is [CH2-]CCC(N)=O.[W]. The van der Waals surface area contributed by atoms with Gasteiger partial charge in [0.15, 0.2) is 0 Å². The Balaban J connectivity index is 0. The molecule has 0 atom stereocenters. The number of amides is 1. The third kappa shape index (κ3) is 10.7. The van der Waals surface area contributed by atoms with Crippen LogP contribution in [0.2, 0.25) is 0 Å². The summed E-state index contributed by atoms with van der Waals surface area (Å²) in [5, 5.41) is 0. The Morgan fingerprint density at radius 2 is 2.14 bits per heavy atom. The van der Waals surface area contributed by atoms with Gasteiger partial charge in [-0.15, -0.1) is 0 Å². The molecule has 0 saturated carbocycles. The zero-order chi connectivity index (χ0) is 4.99. The summed E-state index contributed by atoms with van der Waals surface area (Å²) in [4.78, 5) is 9.78. The van der Waals surface area contributed by atoms with E-state index in [4.69, 9.17) is 5.73 Å². The van der Waals surface area contributed by atoms with E-state index in [9.17, 15) is 4.79 Å². The van der Waals surface area contributed by atoms with E-state index < -0.39 is 0 Å². The molecule has 0 radical (unpaired) electrons. The van der Waals surface area contributed by atoms with Crippen LogP contribution >= 0.6 is 0 Å². The van der Waals surface area contributed by atoms with Crippen molar-refractivity contribution in [3.8, 4) is 0 Å². The van der Waals surface area contributed by atoms with Crippen LogP contribution < -0.4 is 5.73 Å². The minimum atomic E-state index is -0.273.